The third-order valence-corrected chi connectivity index (χ3v) is 3.97. The van der Waals surface area contributed by atoms with Gasteiger partial charge in [0.15, 0.2) is 0 Å². The van der Waals surface area contributed by atoms with Gasteiger partial charge in [-0.3, -0.25) is 4.31 Å². The predicted octanol–water partition coefficient (Wildman–Crippen LogP) is 0.898. The molecule has 0 N–H and O–H groups in total. The van der Waals surface area contributed by atoms with Gasteiger partial charge in [-0.2, -0.15) is 0 Å². The van der Waals surface area contributed by atoms with E-state index in [2.05, 4.69) is 4.90 Å². The van der Waals surface area contributed by atoms with Crippen LogP contribution < -0.4 is 4.31 Å². The molecule has 0 unspecified atom stereocenters. The number of hydrogen-bond acceptors (Lipinski definition) is 3. The molecule has 0 bridgehead atoms. The van der Waals surface area contributed by atoms with Crippen molar-refractivity contribution in [3.05, 3.63) is 29.8 Å². The summed E-state index contributed by atoms with van der Waals surface area (Å²) in [6.07, 6.45) is 1.26. The van der Waals surface area contributed by atoms with Crippen LogP contribution in [-0.2, 0) is 16.6 Å². The molecule has 88 valence electrons. The average Bonchev–Trinajstić information content (AvgIpc) is 2.34. The van der Waals surface area contributed by atoms with Crippen molar-refractivity contribution in [2.24, 2.45) is 0 Å². The molecule has 0 aliphatic carbocycles. The van der Waals surface area contributed by atoms with Gasteiger partial charge in [-0.25, -0.2) is 8.42 Å². The van der Waals surface area contributed by atoms with Crippen LogP contribution in [0.25, 0.3) is 0 Å². The second-order valence-corrected chi connectivity index (χ2v) is 6.11. The predicted molar refractivity (Wildman–Crippen MR) is 65.0 cm³/mol. The number of hydrogen-bond donors (Lipinski definition) is 0. The summed E-state index contributed by atoms with van der Waals surface area (Å²) in [5.41, 5.74) is 1.88. The van der Waals surface area contributed by atoms with Crippen molar-refractivity contribution in [2.75, 3.05) is 30.7 Å². The van der Waals surface area contributed by atoms with E-state index in [1.54, 1.807) is 0 Å². The van der Waals surface area contributed by atoms with Gasteiger partial charge in [-0.05, 0) is 18.7 Å². The van der Waals surface area contributed by atoms with E-state index in [-0.39, 0.29) is 0 Å². The van der Waals surface area contributed by atoms with Crippen LogP contribution in [0.1, 0.15) is 5.56 Å². The van der Waals surface area contributed by atoms with E-state index in [0.717, 1.165) is 24.3 Å². The number of benzene rings is 1. The molecular formula is C11H16N2O2S. The van der Waals surface area contributed by atoms with Crippen LogP contribution in [0.3, 0.4) is 0 Å². The Kier molecular flexibility index (Phi) is 2.90. The van der Waals surface area contributed by atoms with Gasteiger partial charge in [0.05, 0.1) is 11.9 Å². The average molecular weight is 240 g/mol. The van der Waals surface area contributed by atoms with E-state index in [9.17, 15) is 8.42 Å². The Labute approximate surface area is 96.5 Å². The Morgan fingerprint density at radius 2 is 1.88 bits per heavy atom. The van der Waals surface area contributed by atoms with Gasteiger partial charge in [0.25, 0.3) is 0 Å². The summed E-state index contributed by atoms with van der Waals surface area (Å²) in [5, 5.41) is 0. The molecule has 0 radical (unpaired) electrons. The van der Waals surface area contributed by atoms with Gasteiger partial charge in [0, 0.05) is 19.6 Å². The Hall–Kier alpha value is -1.07. The van der Waals surface area contributed by atoms with Crippen molar-refractivity contribution >= 4 is 15.7 Å². The molecule has 0 saturated carbocycles. The summed E-state index contributed by atoms with van der Waals surface area (Å²) in [6, 6.07) is 7.67. The van der Waals surface area contributed by atoms with Crippen LogP contribution in [0.15, 0.2) is 24.3 Å². The zero-order valence-corrected chi connectivity index (χ0v) is 10.4. The Morgan fingerprint density at radius 1 is 1.19 bits per heavy atom. The maximum absolute atomic E-state index is 11.7. The quantitative estimate of drug-likeness (QED) is 0.732. The maximum Gasteiger partial charge on any atom is 0.232 e. The lowest BCUT2D eigenvalue weighted by atomic mass is 10.2. The molecule has 1 aromatic carbocycles. The molecule has 1 heterocycles. The standard InChI is InChI=1S/C11H16N2O2S/c1-12-7-8-13(16(2,14)15)11-6-4-3-5-10(11)9-12/h3-6H,7-9H2,1-2H3. The van der Waals surface area contributed by atoms with Crippen molar-refractivity contribution in [2.45, 2.75) is 6.54 Å². The molecule has 0 fully saturated rings. The minimum atomic E-state index is -3.18. The first kappa shape index (κ1) is 11.4. The Morgan fingerprint density at radius 3 is 2.56 bits per heavy atom. The molecule has 1 aliphatic heterocycles. The molecule has 0 saturated heterocycles. The second-order valence-electron chi connectivity index (χ2n) is 4.20. The van der Waals surface area contributed by atoms with Gasteiger partial charge < -0.3 is 4.90 Å². The van der Waals surface area contributed by atoms with Crippen molar-refractivity contribution in [3.8, 4) is 0 Å². The van der Waals surface area contributed by atoms with Crippen LogP contribution in [0.5, 0.6) is 0 Å². The second kappa shape index (κ2) is 4.07. The molecule has 0 atom stereocenters. The molecule has 16 heavy (non-hydrogen) atoms. The number of sulfonamides is 1. The highest BCUT2D eigenvalue weighted by Gasteiger charge is 2.23. The van der Waals surface area contributed by atoms with Crippen LogP contribution >= 0.6 is 0 Å². The summed E-state index contributed by atoms with van der Waals surface area (Å²) < 4.78 is 24.9. The van der Waals surface area contributed by atoms with E-state index >= 15 is 0 Å². The van der Waals surface area contributed by atoms with Crippen LogP contribution in [-0.4, -0.2) is 39.7 Å². The lowest BCUT2D eigenvalue weighted by molar-refractivity contribution is 0.344. The lowest BCUT2D eigenvalue weighted by Crippen LogP contribution is -2.34. The molecule has 0 spiro atoms. The van der Waals surface area contributed by atoms with E-state index in [4.69, 9.17) is 0 Å². The van der Waals surface area contributed by atoms with Crippen LogP contribution in [0.4, 0.5) is 5.69 Å². The normalized spacial score (nSPS) is 18.0. The molecule has 1 aromatic rings. The zero-order chi connectivity index (χ0) is 11.8. The number of rotatable bonds is 1. The fourth-order valence-electron chi connectivity index (χ4n) is 1.98. The maximum atomic E-state index is 11.7. The third kappa shape index (κ3) is 2.20. The monoisotopic (exact) mass is 240 g/mol. The molecule has 5 heteroatoms. The number of nitrogens with zero attached hydrogens (tertiary/aromatic N) is 2. The first-order chi connectivity index (χ1) is 7.48. The first-order valence-corrected chi connectivity index (χ1v) is 7.07. The van der Waals surface area contributed by atoms with Gasteiger partial charge >= 0.3 is 0 Å². The van der Waals surface area contributed by atoms with E-state index < -0.39 is 10.0 Å². The van der Waals surface area contributed by atoms with Crippen molar-refractivity contribution in [3.63, 3.8) is 0 Å². The van der Waals surface area contributed by atoms with E-state index in [1.165, 1.54) is 10.6 Å². The summed E-state index contributed by atoms with van der Waals surface area (Å²) in [7, 11) is -1.18. The SMILES string of the molecule is CN1CCN(S(C)(=O)=O)c2ccccc2C1. The molecular weight excluding hydrogens is 224 g/mol. The van der Waals surface area contributed by atoms with Crippen molar-refractivity contribution in [1.82, 2.24) is 4.90 Å². The highest BCUT2D eigenvalue weighted by Crippen LogP contribution is 2.26. The molecule has 0 aromatic heterocycles. The fraction of sp³-hybridized carbons (Fsp3) is 0.455. The first-order valence-electron chi connectivity index (χ1n) is 5.22. The third-order valence-electron chi connectivity index (χ3n) is 2.79. The zero-order valence-electron chi connectivity index (χ0n) is 9.55. The van der Waals surface area contributed by atoms with Gasteiger partial charge in [-0.15, -0.1) is 0 Å². The minimum Gasteiger partial charge on any atom is -0.300 e. The van der Waals surface area contributed by atoms with E-state index in [1.807, 2.05) is 31.3 Å². The summed E-state index contributed by atoms with van der Waals surface area (Å²) in [6.45, 7) is 2.07. The van der Waals surface area contributed by atoms with Gasteiger partial charge in [0.2, 0.25) is 10.0 Å². The van der Waals surface area contributed by atoms with Crippen LogP contribution in [0.2, 0.25) is 0 Å². The summed E-state index contributed by atoms with van der Waals surface area (Å²) in [5.74, 6) is 0. The fourth-order valence-corrected chi connectivity index (χ4v) is 2.93. The highest BCUT2D eigenvalue weighted by molar-refractivity contribution is 7.92. The molecule has 1 aliphatic rings. The number of anilines is 1. The van der Waals surface area contributed by atoms with Crippen molar-refractivity contribution in [1.29, 1.82) is 0 Å². The largest absolute Gasteiger partial charge is 0.300 e. The number of fused-ring (bicyclic) bond motifs is 1. The molecule has 4 nitrogen and oxygen atoms in total. The summed E-state index contributed by atoms with van der Waals surface area (Å²) in [4.78, 5) is 2.13. The Bertz CT molecular complexity index is 485. The highest BCUT2D eigenvalue weighted by atomic mass is 32.2. The van der Waals surface area contributed by atoms with E-state index in [0.29, 0.717) is 6.54 Å². The minimum absolute atomic E-state index is 0.520. The van der Waals surface area contributed by atoms with Gasteiger partial charge in [-0.1, -0.05) is 18.2 Å². The smallest absolute Gasteiger partial charge is 0.232 e. The topological polar surface area (TPSA) is 40.6 Å². The molecule has 0 amide bonds. The van der Waals surface area contributed by atoms with Crippen molar-refractivity contribution < 1.29 is 8.42 Å². The van der Waals surface area contributed by atoms with Gasteiger partial charge in [0.1, 0.15) is 0 Å². The molecule has 2 rings (SSSR count). The van der Waals surface area contributed by atoms with Crippen LogP contribution in [0, 0.1) is 0 Å². The number of likely N-dealkylation sites (N-methyl/N-ethyl adjacent to an activating group) is 1. The Balaban J connectivity index is 2.51. The number of para-hydroxylation sites is 1. The summed E-state index contributed by atoms with van der Waals surface area (Å²) >= 11 is 0. The lowest BCUT2D eigenvalue weighted by Gasteiger charge is -2.21.